The van der Waals surface area contributed by atoms with Crippen molar-refractivity contribution in [1.82, 2.24) is 20.4 Å². The van der Waals surface area contributed by atoms with Gasteiger partial charge < -0.3 is 20.3 Å². The zero-order valence-electron chi connectivity index (χ0n) is 17.9. The molecule has 3 unspecified atom stereocenters. The zero-order valence-corrected chi connectivity index (χ0v) is 17.9. The number of piperidine rings is 1. The Labute approximate surface area is 179 Å². The molecule has 0 radical (unpaired) electrons. The van der Waals surface area contributed by atoms with Crippen molar-refractivity contribution in [3.05, 3.63) is 29.8 Å². The van der Waals surface area contributed by atoms with E-state index in [0.29, 0.717) is 13.0 Å². The Kier molecular flexibility index (Phi) is 6.89. The Morgan fingerprint density at radius 1 is 1.20 bits per heavy atom. The number of hydrogen-bond donors (Lipinski definition) is 2. The van der Waals surface area contributed by atoms with Crippen LogP contribution in [-0.2, 0) is 16.1 Å². The van der Waals surface area contributed by atoms with E-state index in [4.69, 9.17) is 4.74 Å². The number of fused-ring (bicyclic) bond motifs is 1. The molecule has 0 aromatic heterocycles. The Bertz CT molecular complexity index is 732. The van der Waals surface area contributed by atoms with Crippen molar-refractivity contribution in [2.24, 2.45) is 0 Å². The van der Waals surface area contributed by atoms with Crippen LogP contribution in [-0.4, -0.2) is 73.0 Å². The lowest BCUT2D eigenvalue weighted by atomic mass is 10.0. The molecular weight excluding hydrogens is 380 g/mol. The molecule has 0 aliphatic carbocycles. The molecule has 30 heavy (non-hydrogen) atoms. The van der Waals surface area contributed by atoms with Gasteiger partial charge in [-0.05, 0) is 49.8 Å². The highest BCUT2D eigenvalue weighted by Gasteiger charge is 2.43. The number of rotatable bonds is 7. The van der Waals surface area contributed by atoms with E-state index in [1.54, 1.807) is 7.11 Å². The molecule has 0 spiro atoms. The third-order valence-electron chi connectivity index (χ3n) is 6.78. The fraction of sp³-hybridized carbons (Fsp3) is 0.652. The van der Waals surface area contributed by atoms with Crippen LogP contribution in [0.15, 0.2) is 24.3 Å². The number of benzene rings is 1. The van der Waals surface area contributed by atoms with Crippen LogP contribution in [0.4, 0.5) is 0 Å². The summed E-state index contributed by atoms with van der Waals surface area (Å²) >= 11 is 0. The lowest BCUT2D eigenvalue weighted by molar-refractivity contribution is -0.133. The van der Waals surface area contributed by atoms with Gasteiger partial charge in [-0.15, -0.1) is 0 Å². The van der Waals surface area contributed by atoms with E-state index in [1.807, 2.05) is 17.0 Å². The molecule has 2 N–H and O–H groups in total. The van der Waals surface area contributed by atoms with Gasteiger partial charge in [0.2, 0.25) is 11.8 Å². The molecule has 7 heteroatoms. The second-order valence-electron chi connectivity index (χ2n) is 8.75. The molecule has 164 valence electrons. The van der Waals surface area contributed by atoms with E-state index in [1.165, 1.54) is 12.0 Å². The van der Waals surface area contributed by atoms with Crippen LogP contribution in [0.1, 0.15) is 44.1 Å². The fourth-order valence-corrected chi connectivity index (χ4v) is 4.99. The molecule has 1 aromatic rings. The van der Waals surface area contributed by atoms with E-state index in [9.17, 15) is 9.59 Å². The minimum absolute atomic E-state index is 0.0813. The maximum atomic E-state index is 12.6. The summed E-state index contributed by atoms with van der Waals surface area (Å²) in [5, 5.41) is 6.68. The normalized spacial score (nSPS) is 26.9. The van der Waals surface area contributed by atoms with E-state index in [0.717, 1.165) is 57.6 Å². The average molecular weight is 415 g/mol. The highest BCUT2D eigenvalue weighted by molar-refractivity contribution is 5.83. The first-order chi connectivity index (χ1) is 14.6. The molecule has 3 saturated heterocycles. The van der Waals surface area contributed by atoms with Gasteiger partial charge in [0.15, 0.2) is 0 Å². The fourth-order valence-electron chi connectivity index (χ4n) is 4.99. The molecule has 7 nitrogen and oxygen atoms in total. The number of carbonyl (C=O) groups is 2. The summed E-state index contributed by atoms with van der Waals surface area (Å²) in [5.74, 6) is 1.26. The second kappa shape index (κ2) is 9.79. The monoisotopic (exact) mass is 414 g/mol. The van der Waals surface area contributed by atoms with Crippen molar-refractivity contribution in [2.45, 2.75) is 63.2 Å². The summed E-state index contributed by atoms with van der Waals surface area (Å²) in [5.41, 5.74) is 1.20. The number of methoxy groups -OCH3 is 1. The number of likely N-dealkylation sites (tertiary alicyclic amines) is 1. The molecule has 3 atom stereocenters. The third-order valence-corrected chi connectivity index (χ3v) is 6.78. The first-order valence-corrected chi connectivity index (χ1v) is 11.3. The SMILES string of the molecule is COc1ccc(CNC2CC3C(=O)NCC(CCC(=O)N4CCCCC4)N3C2)cc1. The molecule has 3 aliphatic heterocycles. The number of nitrogens with one attached hydrogen (secondary N) is 2. The van der Waals surface area contributed by atoms with Crippen molar-refractivity contribution >= 4 is 11.8 Å². The first kappa shape index (κ1) is 21.1. The summed E-state index contributed by atoms with van der Waals surface area (Å²) in [7, 11) is 1.67. The van der Waals surface area contributed by atoms with Crippen LogP contribution in [0.25, 0.3) is 0 Å². The Hall–Kier alpha value is -2.12. The van der Waals surface area contributed by atoms with E-state index in [2.05, 4.69) is 27.7 Å². The predicted molar refractivity (Wildman–Crippen MR) is 115 cm³/mol. The first-order valence-electron chi connectivity index (χ1n) is 11.3. The highest BCUT2D eigenvalue weighted by atomic mass is 16.5. The number of amides is 2. The maximum absolute atomic E-state index is 12.6. The number of piperazine rings is 1. The van der Waals surface area contributed by atoms with E-state index in [-0.39, 0.29) is 29.9 Å². The minimum atomic E-state index is -0.0813. The second-order valence-corrected chi connectivity index (χ2v) is 8.75. The van der Waals surface area contributed by atoms with Crippen molar-refractivity contribution < 1.29 is 14.3 Å². The number of hydrogen-bond acceptors (Lipinski definition) is 5. The van der Waals surface area contributed by atoms with Crippen LogP contribution in [0, 0.1) is 0 Å². The smallest absolute Gasteiger partial charge is 0.237 e. The molecule has 3 fully saturated rings. The van der Waals surface area contributed by atoms with Crippen molar-refractivity contribution in [3.63, 3.8) is 0 Å². The Balaban J connectivity index is 1.29. The van der Waals surface area contributed by atoms with Gasteiger partial charge in [-0.25, -0.2) is 0 Å². The molecule has 4 rings (SSSR count). The largest absolute Gasteiger partial charge is 0.497 e. The minimum Gasteiger partial charge on any atom is -0.497 e. The van der Waals surface area contributed by atoms with Gasteiger partial charge in [-0.3, -0.25) is 14.5 Å². The molecule has 3 aliphatic rings. The van der Waals surface area contributed by atoms with Gasteiger partial charge in [-0.1, -0.05) is 12.1 Å². The van der Waals surface area contributed by atoms with Crippen LogP contribution in [0.2, 0.25) is 0 Å². The summed E-state index contributed by atoms with van der Waals surface area (Å²) in [6.07, 6.45) is 5.70. The van der Waals surface area contributed by atoms with Gasteiger partial charge in [0.05, 0.1) is 13.2 Å². The third kappa shape index (κ3) is 4.95. The summed E-state index contributed by atoms with van der Waals surface area (Å²) in [6.45, 7) is 4.09. The molecule has 2 amide bonds. The molecule has 1 aromatic carbocycles. The quantitative estimate of drug-likeness (QED) is 0.708. The summed E-state index contributed by atoms with van der Waals surface area (Å²) in [6, 6.07) is 8.51. The number of ether oxygens (including phenoxy) is 1. The van der Waals surface area contributed by atoms with Crippen molar-refractivity contribution in [2.75, 3.05) is 33.3 Å². The van der Waals surface area contributed by atoms with Crippen LogP contribution < -0.4 is 15.4 Å². The van der Waals surface area contributed by atoms with Gasteiger partial charge >= 0.3 is 0 Å². The standard InChI is InChI=1S/C23H34N4O3/c1-30-20-8-5-17(6-9-20)14-24-18-13-21-23(29)25-15-19(27(21)16-18)7-10-22(28)26-11-3-2-4-12-26/h5-6,8-9,18-19,21,24H,2-4,7,10-16H2,1H3,(H,25,29). The van der Waals surface area contributed by atoms with Gasteiger partial charge in [0.1, 0.15) is 5.75 Å². The lowest BCUT2D eigenvalue weighted by Gasteiger charge is -2.37. The summed E-state index contributed by atoms with van der Waals surface area (Å²) in [4.78, 5) is 29.3. The van der Waals surface area contributed by atoms with Gasteiger partial charge in [0, 0.05) is 51.2 Å². The molecule has 0 bridgehead atoms. The summed E-state index contributed by atoms with van der Waals surface area (Å²) < 4.78 is 5.21. The van der Waals surface area contributed by atoms with Gasteiger partial charge in [-0.2, -0.15) is 0 Å². The topological polar surface area (TPSA) is 73.9 Å². The van der Waals surface area contributed by atoms with E-state index < -0.39 is 0 Å². The zero-order chi connectivity index (χ0) is 20.9. The van der Waals surface area contributed by atoms with Crippen molar-refractivity contribution in [1.29, 1.82) is 0 Å². The van der Waals surface area contributed by atoms with Crippen molar-refractivity contribution in [3.8, 4) is 5.75 Å². The van der Waals surface area contributed by atoms with Crippen LogP contribution in [0.3, 0.4) is 0 Å². The Morgan fingerprint density at radius 2 is 1.97 bits per heavy atom. The average Bonchev–Trinajstić information content (AvgIpc) is 3.23. The Morgan fingerprint density at radius 3 is 2.70 bits per heavy atom. The van der Waals surface area contributed by atoms with E-state index >= 15 is 0 Å². The number of carbonyl (C=O) groups excluding carboxylic acids is 2. The van der Waals surface area contributed by atoms with Crippen LogP contribution >= 0.6 is 0 Å². The predicted octanol–water partition coefficient (Wildman–Crippen LogP) is 1.52. The van der Waals surface area contributed by atoms with Crippen LogP contribution in [0.5, 0.6) is 5.75 Å². The molecule has 3 heterocycles. The lowest BCUT2D eigenvalue weighted by Crippen LogP contribution is -2.58. The molecular formula is C23H34N4O3. The number of nitrogens with zero attached hydrogens (tertiary/aromatic N) is 2. The van der Waals surface area contributed by atoms with Gasteiger partial charge in [0.25, 0.3) is 0 Å². The highest BCUT2D eigenvalue weighted by Crippen LogP contribution is 2.26. The molecule has 0 saturated carbocycles. The maximum Gasteiger partial charge on any atom is 0.237 e.